The molecule has 1 aromatic rings. The number of aromatic nitrogens is 1. The number of rotatable bonds is 1. The van der Waals surface area contributed by atoms with Crippen molar-refractivity contribution >= 4 is 6.02 Å². The molecule has 0 fully saturated rings. The molecule has 3 rings (SSSR count). The fourth-order valence-corrected chi connectivity index (χ4v) is 2.32. The lowest BCUT2D eigenvalue weighted by molar-refractivity contribution is 0.320. The molecule has 2 aliphatic rings. The van der Waals surface area contributed by atoms with Crippen LogP contribution in [0.4, 0.5) is 0 Å². The van der Waals surface area contributed by atoms with E-state index in [1.54, 1.807) is 0 Å². The summed E-state index contributed by atoms with van der Waals surface area (Å²) in [7, 11) is 0. The van der Waals surface area contributed by atoms with Gasteiger partial charge in [-0.1, -0.05) is 6.07 Å². The van der Waals surface area contributed by atoms with Crippen LogP contribution in [-0.2, 0) is 11.2 Å². The van der Waals surface area contributed by atoms with Crippen LogP contribution >= 0.6 is 0 Å². The van der Waals surface area contributed by atoms with Crippen molar-refractivity contribution in [3.05, 3.63) is 29.6 Å². The second kappa shape index (κ2) is 4.12. The summed E-state index contributed by atoms with van der Waals surface area (Å²) in [6.07, 6.45) is 5.29. The minimum Gasteiger partial charge on any atom is -0.463 e. The topological polar surface area (TPSA) is 46.5 Å². The summed E-state index contributed by atoms with van der Waals surface area (Å²) in [6.45, 7) is 1.47. The van der Waals surface area contributed by atoms with Crippen molar-refractivity contribution in [2.75, 3.05) is 13.2 Å². The maximum atomic E-state index is 5.38. The zero-order valence-corrected chi connectivity index (χ0v) is 9.15. The Balaban J connectivity index is 1.81. The van der Waals surface area contributed by atoms with Crippen LogP contribution in [0.3, 0.4) is 0 Å². The molecular formula is C12H15N3O. The minimum atomic E-state index is 0.266. The van der Waals surface area contributed by atoms with Gasteiger partial charge in [0.15, 0.2) is 0 Å². The van der Waals surface area contributed by atoms with Gasteiger partial charge in [0.1, 0.15) is 6.61 Å². The van der Waals surface area contributed by atoms with E-state index in [2.05, 4.69) is 21.4 Å². The number of hydrogen-bond acceptors (Lipinski definition) is 4. The molecule has 0 radical (unpaired) electrons. The lowest BCUT2D eigenvalue weighted by atomic mass is 9.92. The molecule has 84 valence electrons. The molecule has 0 saturated heterocycles. The molecular weight excluding hydrogens is 202 g/mol. The van der Waals surface area contributed by atoms with Crippen LogP contribution in [0.5, 0.6) is 0 Å². The molecule has 1 aliphatic carbocycles. The molecule has 1 aromatic heterocycles. The lowest BCUT2D eigenvalue weighted by Crippen LogP contribution is -2.31. The number of hydrogen-bond donors (Lipinski definition) is 1. The van der Waals surface area contributed by atoms with Crippen molar-refractivity contribution in [3.8, 4) is 0 Å². The Morgan fingerprint density at radius 2 is 2.44 bits per heavy atom. The predicted octanol–water partition coefficient (Wildman–Crippen LogP) is 1.43. The van der Waals surface area contributed by atoms with E-state index in [9.17, 15) is 0 Å². The van der Waals surface area contributed by atoms with Crippen LogP contribution in [-0.4, -0.2) is 24.2 Å². The largest absolute Gasteiger partial charge is 0.463 e. The summed E-state index contributed by atoms with van der Waals surface area (Å²) in [4.78, 5) is 8.73. The summed E-state index contributed by atoms with van der Waals surface area (Å²) >= 11 is 0. The second-order valence-electron chi connectivity index (χ2n) is 4.17. The Morgan fingerprint density at radius 1 is 1.44 bits per heavy atom. The number of nitrogens with zero attached hydrogens (tertiary/aromatic N) is 2. The van der Waals surface area contributed by atoms with Gasteiger partial charge in [0, 0.05) is 6.20 Å². The third-order valence-corrected chi connectivity index (χ3v) is 3.08. The Morgan fingerprint density at radius 3 is 3.31 bits per heavy atom. The fraction of sp³-hybridized carbons (Fsp3) is 0.500. The van der Waals surface area contributed by atoms with Crippen molar-refractivity contribution in [1.82, 2.24) is 10.3 Å². The van der Waals surface area contributed by atoms with E-state index in [4.69, 9.17) is 4.74 Å². The van der Waals surface area contributed by atoms with Crippen molar-refractivity contribution < 1.29 is 4.74 Å². The number of aryl methyl sites for hydroxylation is 1. The summed E-state index contributed by atoms with van der Waals surface area (Å²) in [5, 5.41) is 3.34. The summed E-state index contributed by atoms with van der Waals surface area (Å²) in [5.74, 6) is 0. The van der Waals surface area contributed by atoms with Gasteiger partial charge in [-0.25, -0.2) is 4.99 Å². The van der Waals surface area contributed by atoms with Crippen molar-refractivity contribution in [1.29, 1.82) is 0 Å². The zero-order valence-electron chi connectivity index (χ0n) is 9.15. The quantitative estimate of drug-likeness (QED) is 0.774. The fourth-order valence-electron chi connectivity index (χ4n) is 2.32. The smallest absolute Gasteiger partial charge is 0.285 e. The monoisotopic (exact) mass is 217 g/mol. The zero-order chi connectivity index (χ0) is 10.8. The number of aliphatic imine (C=N–C) groups is 1. The molecule has 1 aliphatic heterocycles. The first-order valence-corrected chi connectivity index (χ1v) is 5.81. The molecule has 1 atom stereocenters. The van der Waals surface area contributed by atoms with E-state index in [1.807, 2.05) is 12.3 Å². The molecule has 1 N–H and O–H groups in total. The highest BCUT2D eigenvalue weighted by Crippen LogP contribution is 2.27. The summed E-state index contributed by atoms with van der Waals surface area (Å²) < 4.78 is 5.38. The molecule has 16 heavy (non-hydrogen) atoms. The number of nitrogens with one attached hydrogen (secondary N) is 1. The predicted molar refractivity (Wildman–Crippen MR) is 61.3 cm³/mol. The molecule has 4 nitrogen and oxygen atoms in total. The van der Waals surface area contributed by atoms with Gasteiger partial charge in [-0.05, 0) is 30.9 Å². The molecule has 0 aromatic carbocycles. The molecule has 0 spiro atoms. The highest BCUT2D eigenvalue weighted by atomic mass is 16.5. The second-order valence-corrected chi connectivity index (χ2v) is 4.17. The third-order valence-electron chi connectivity index (χ3n) is 3.08. The first kappa shape index (κ1) is 9.63. The molecule has 4 heteroatoms. The molecule has 2 heterocycles. The highest BCUT2D eigenvalue weighted by Gasteiger charge is 2.23. The van der Waals surface area contributed by atoms with Gasteiger partial charge >= 0.3 is 0 Å². The summed E-state index contributed by atoms with van der Waals surface area (Å²) in [6, 6.07) is 5.11. The van der Waals surface area contributed by atoms with Crippen LogP contribution in [0.25, 0.3) is 0 Å². The van der Waals surface area contributed by atoms with E-state index in [0.29, 0.717) is 12.6 Å². The maximum absolute atomic E-state index is 5.38. The molecule has 0 bridgehead atoms. The van der Waals surface area contributed by atoms with Crippen LogP contribution in [0, 0.1) is 0 Å². The number of amidine groups is 1. The standard InChI is InChI=1S/C12H15N3O/c1-3-9-4-2-6-13-11(9)10(5-1)15-12-14-7-8-16-12/h2,4,6,10H,1,3,5,7-8H2,(H,14,15). The Hall–Kier alpha value is -1.58. The Bertz CT molecular complexity index is 416. The van der Waals surface area contributed by atoms with Gasteiger partial charge in [0.2, 0.25) is 0 Å². The van der Waals surface area contributed by atoms with Crippen LogP contribution in [0.15, 0.2) is 23.3 Å². The van der Waals surface area contributed by atoms with E-state index in [0.717, 1.165) is 25.1 Å². The first-order chi connectivity index (χ1) is 7.93. The highest BCUT2D eigenvalue weighted by molar-refractivity contribution is 5.75. The SMILES string of the molecule is c1cnc2c(c1)CCCC2NC1=NCCO1. The van der Waals surface area contributed by atoms with Gasteiger partial charge in [-0.15, -0.1) is 0 Å². The van der Waals surface area contributed by atoms with Gasteiger partial charge in [-0.2, -0.15) is 0 Å². The summed E-state index contributed by atoms with van der Waals surface area (Å²) in [5.41, 5.74) is 2.51. The van der Waals surface area contributed by atoms with Crippen LogP contribution in [0.1, 0.15) is 30.1 Å². The van der Waals surface area contributed by atoms with Crippen LogP contribution in [0.2, 0.25) is 0 Å². The van der Waals surface area contributed by atoms with E-state index >= 15 is 0 Å². The molecule has 0 saturated carbocycles. The Kier molecular flexibility index (Phi) is 2.48. The van der Waals surface area contributed by atoms with E-state index < -0.39 is 0 Å². The van der Waals surface area contributed by atoms with Crippen molar-refractivity contribution in [2.24, 2.45) is 4.99 Å². The maximum Gasteiger partial charge on any atom is 0.285 e. The number of ether oxygens (including phenoxy) is 1. The van der Waals surface area contributed by atoms with Crippen molar-refractivity contribution in [2.45, 2.75) is 25.3 Å². The van der Waals surface area contributed by atoms with Gasteiger partial charge in [0.25, 0.3) is 6.02 Å². The average Bonchev–Trinajstić information content (AvgIpc) is 2.82. The molecule has 1 unspecified atom stereocenters. The van der Waals surface area contributed by atoms with E-state index in [-0.39, 0.29) is 6.04 Å². The normalized spacial score (nSPS) is 23.2. The average molecular weight is 217 g/mol. The van der Waals surface area contributed by atoms with Gasteiger partial charge in [-0.3, -0.25) is 4.98 Å². The third kappa shape index (κ3) is 1.75. The van der Waals surface area contributed by atoms with Gasteiger partial charge < -0.3 is 10.1 Å². The lowest BCUT2D eigenvalue weighted by Gasteiger charge is -2.25. The Labute approximate surface area is 94.8 Å². The van der Waals surface area contributed by atoms with E-state index in [1.165, 1.54) is 12.0 Å². The molecule has 0 amide bonds. The minimum absolute atomic E-state index is 0.266. The van der Waals surface area contributed by atoms with Gasteiger partial charge in [0.05, 0.1) is 18.3 Å². The first-order valence-electron chi connectivity index (χ1n) is 5.81. The van der Waals surface area contributed by atoms with Crippen LogP contribution < -0.4 is 5.32 Å². The number of pyridine rings is 1. The van der Waals surface area contributed by atoms with Crippen molar-refractivity contribution in [3.63, 3.8) is 0 Å². The number of fused-ring (bicyclic) bond motifs is 1.